The van der Waals surface area contributed by atoms with Crippen molar-refractivity contribution in [1.82, 2.24) is 0 Å². The van der Waals surface area contributed by atoms with Crippen molar-refractivity contribution in [3.8, 4) is 0 Å². The number of ether oxygens (including phenoxy) is 1. The minimum atomic E-state index is -0.335. The lowest BCUT2D eigenvalue weighted by Crippen LogP contribution is -2.28. The smallest absolute Gasteiger partial charge is 0.385 e. The molecule has 0 aliphatic heterocycles. The predicted octanol–water partition coefficient (Wildman–Crippen LogP) is 1.18. The van der Waals surface area contributed by atoms with Gasteiger partial charge in [-0.2, -0.15) is 4.58 Å². The Balaban J connectivity index is 4.09. The van der Waals surface area contributed by atoms with E-state index in [1.807, 2.05) is 13.8 Å². The molecule has 0 spiro atoms. The van der Waals surface area contributed by atoms with Crippen molar-refractivity contribution in [3.63, 3.8) is 0 Å². The van der Waals surface area contributed by atoms with E-state index in [0.717, 1.165) is 0 Å². The molecule has 0 aromatic carbocycles. The number of carbonyl (C=O) groups is 2. The van der Waals surface area contributed by atoms with E-state index in [1.54, 1.807) is 6.92 Å². The molecule has 0 saturated heterocycles. The number of hydrogen-bond acceptors (Lipinski definition) is 3. The lowest BCUT2D eigenvalue weighted by atomic mass is 10.2. The zero-order valence-electron chi connectivity index (χ0n) is 9.66. The summed E-state index contributed by atoms with van der Waals surface area (Å²) in [6.07, 6.45) is 1.78. The number of carbonyl (C=O) groups excluding carboxylic acids is 2. The van der Waals surface area contributed by atoms with Crippen LogP contribution >= 0.6 is 0 Å². The molecule has 4 nitrogen and oxygen atoms in total. The minimum absolute atomic E-state index is 0.0668. The largest absolute Gasteiger partial charge is 0.466 e. The molecule has 86 valence electrons. The van der Waals surface area contributed by atoms with Crippen LogP contribution in [0.1, 0.15) is 33.6 Å². The van der Waals surface area contributed by atoms with Crippen LogP contribution in [0.2, 0.25) is 0 Å². The van der Waals surface area contributed by atoms with E-state index in [4.69, 9.17) is 4.74 Å². The van der Waals surface area contributed by atoms with Crippen molar-refractivity contribution in [2.45, 2.75) is 39.7 Å². The lowest BCUT2D eigenvalue weighted by molar-refractivity contribution is -0.476. The third-order valence-electron chi connectivity index (χ3n) is 1.89. The summed E-state index contributed by atoms with van der Waals surface area (Å²) in [4.78, 5) is 22.6. The number of rotatable bonds is 5. The summed E-state index contributed by atoms with van der Waals surface area (Å²) < 4.78 is 6.24. The van der Waals surface area contributed by atoms with Gasteiger partial charge in [0.2, 0.25) is 0 Å². The third kappa shape index (κ3) is 5.20. The summed E-state index contributed by atoms with van der Waals surface area (Å²) in [5.41, 5.74) is 0. The Morgan fingerprint density at radius 2 is 2.00 bits per heavy atom. The van der Waals surface area contributed by atoms with E-state index in [9.17, 15) is 9.59 Å². The van der Waals surface area contributed by atoms with Gasteiger partial charge in [-0.25, -0.2) is 4.79 Å². The van der Waals surface area contributed by atoms with Gasteiger partial charge in [0.05, 0.1) is 19.4 Å². The molecular formula is C11H19NO3. The molecule has 0 aromatic rings. The predicted molar refractivity (Wildman–Crippen MR) is 57.7 cm³/mol. The van der Waals surface area contributed by atoms with Crippen LogP contribution in [0.15, 0.2) is 0 Å². The minimum Gasteiger partial charge on any atom is -0.466 e. The molecule has 4 heteroatoms. The second-order valence-electron chi connectivity index (χ2n) is 3.38. The Labute approximate surface area is 90.9 Å². The summed E-state index contributed by atoms with van der Waals surface area (Å²) >= 11 is 0. The highest BCUT2D eigenvalue weighted by atomic mass is 16.5. The standard InChI is InChI=1S/C11H19NO3/c1-5-12(9(3)4)10(13)7-8-11(14)15-6-2/h5,9H,1,6-8H2,2-4H3/b12-5+. The number of hydrogen-bond donors (Lipinski definition) is 0. The molecular weight excluding hydrogens is 194 g/mol. The van der Waals surface area contributed by atoms with Gasteiger partial charge in [-0.3, -0.25) is 4.79 Å². The molecule has 0 aromatic heterocycles. The van der Waals surface area contributed by atoms with E-state index >= 15 is 0 Å². The van der Waals surface area contributed by atoms with E-state index in [1.165, 1.54) is 10.8 Å². The van der Waals surface area contributed by atoms with Crippen molar-refractivity contribution in [3.05, 3.63) is 6.92 Å². The van der Waals surface area contributed by atoms with Gasteiger partial charge in [-0.15, -0.1) is 0 Å². The molecule has 0 radical (unpaired) electrons. The van der Waals surface area contributed by atoms with Crippen molar-refractivity contribution >= 4 is 18.1 Å². The molecule has 15 heavy (non-hydrogen) atoms. The summed E-state index contributed by atoms with van der Waals surface area (Å²) in [6.45, 7) is 9.43. The maximum atomic E-state index is 11.6. The highest BCUT2D eigenvalue weighted by Crippen LogP contribution is 1.98. The van der Waals surface area contributed by atoms with Crippen molar-refractivity contribution in [2.75, 3.05) is 6.61 Å². The van der Waals surface area contributed by atoms with E-state index < -0.39 is 0 Å². The molecule has 0 unspecified atom stereocenters. The Kier molecular flexibility index (Phi) is 6.42. The summed E-state index contributed by atoms with van der Waals surface area (Å²) in [5.74, 6) is -0.438. The average molecular weight is 213 g/mol. The fourth-order valence-corrected chi connectivity index (χ4v) is 1.17. The van der Waals surface area contributed by atoms with Gasteiger partial charge in [0.15, 0.2) is 6.04 Å². The molecule has 0 bridgehead atoms. The van der Waals surface area contributed by atoms with Crippen molar-refractivity contribution < 1.29 is 18.9 Å². The normalized spacial score (nSPS) is 11.6. The molecule has 0 saturated carbocycles. The van der Waals surface area contributed by atoms with Gasteiger partial charge in [0.1, 0.15) is 0 Å². The van der Waals surface area contributed by atoms with Crippen molar-refractivity contribution in [2.24, 2.45) is 0 Å². The SMILES string of the molecule is [CH2-]/C=[N+](/C(=O)CCC(=O)OCC)C(C)C. The van der Waals surface area contributed by atoms with Gasteiger partial charge < -0.3 is 11.7 Å². The number of nitrogens with zero attached hydrogens (tertiary/aromatic N) is 1. The van der Waals surface area contributed by atoms with E-state index in [0.29, 0.717) is 6.61 Å². The van der Waals surface area contributed by atoms with Crippen LogP contribution in [0.5, 0.6) is 0 Å². The highest BCUT2D eigenvalue weighted by Gasteiger charge is 2.19. The van der Waals surface area contributed by atoms with Crippen LogP contribution in [0.3, 0.4) is 0 Å². The second-order valence-corrected chi connectivity index (χ2v) is 3.38. The van der Waals surface area contributed by atoms with E-state index in [-0.39, 0.29) is 30.8 Å². The van der Waals surface area contributed by atoms with Crippen LogP contribution in [-0.4, -0.2) is 35.3 Å². The Morgan fingerprint density at radius 3 is 2.40 bits per heavy atom. The highest BCUT2D eigenvalue weighted by molar-refractivity contribution is 5.79. The number of esters is 1. The van der Waals surface area contributed by atoms with Gasteiger partial charge in [0, 0.05) is 6.21 Å². The lowest BCUT2D eigenvalue weighted by Gasteiger charge is -2.06. The second kappa shape index (κ2) is 7.04. The first-order chi connectivity index (χ1) is 7.02. The molecule has 0 N–H and O–H groups in total. The Bertz CT molecular complexity index is 257. The molecule has 0 aliphatic carbocycles. The quantitative estimate of drug-likeness (QED) is 0.298. The first kappa shape index (κ1) is 13.7. The molecule has 0 aliphatic rings. The first-order valence-corrected chi connectivity index (χ1v) is 5.12. The third-order valence-corrected chi connectivity index (χ3v) is 1.89. The Morgan fingerprint density at radius 1 is 1.40 bits per heavy atom. The van der Waals surface area contributed by atoms with Crippen LogP contribution in [0.4, 0.5) is 0 Å². The summed E-state index contributed by atoms with van der Waals surface area (Å²) in [5, 5.41) is 0. The van der Waals surface area contributed by atoms with Gasteiger partial charge in [0.25, 0.3) is 0 Å². The van der Waals surface area contributed by atoms with Crippen LogP contribution in [0.25, 0.3) is 0 Å². The van der Waals surface area contributed by atoms with Crippen molar-refractivity contribution in [1.29, 1.82) is 0 Å². The average Bonchev–Trinajstić information content (AvgIpc) is 2.15. The van der Waals surface area contributed by atoms with Gasteiger partial charge >= 0.3 is 11.9 Å². The fourth-order valence-electron chi connectivity index (χ4n) is 1.17. The number of amides is 1. The molecule has 0 atom stereocenters. The van der Waals surface area contributed by atoms with Crippen LogP contribution in [0, 0.1) is 6.92 Å². The van der Waals surface area contributed by atoms with Gasteiger partial charge in [-0.05, 0) is 20.8 Å². The van der Waals surface area contributed by atoms with E-state index in [2.05, 4.69) is 6.92 Å². The topological polar surface area (TPSA) is 46.4 Å². The zero-order valence-corrected chi connectivity index (χ0v) is 9.66. The van der Waals surface area contributed by atoms with Crippen LogP contribution < -0.4 is 0 Å². The Hall–Kier alpha value is -1.32. The summed E-state index contributed by atoms with van der Waals surface area (Å²) in [6, 6.07) is 0.0668. The van der Waals surface area contributed by atoms with Crippen LogP contribution in [-0.2, 0) is 14.3 Å². The maximum absolute atomic E-state index is 11.6. The first-order valence-electron chi connectivity index (χ1n) is 5.12. The molecule has 0 fully saturated rings. The summed E-state index contributed by atoms with van der Waals surface area (Å²) in [7, 11) is 0. The van der Waals surface area contributed by atoms with Gasteiger partial charge in [-0.1, -0.05) is 0 Å². The maximum Gasteiger partial charge on any atom is 0.385 e. The molecule has 0 heterocycles. The zero-order chi connectivity index (χ0) is 11.8. The monoisotopic (exact) mass is 213 g/mol. The molecule has 0 rings (SSSR count). The fraction of sp³-hybridized carbons (Fsp3) is 0.636. The molecule has 1 amide bonds.